The van der Waals surface area contributed by atoms with Gasteiger partial charge >= 0.3 is 6.18 Å². The summed E-state index contributed by atoms with van der Waals surface area (Å²) in [5.74, 6) is -0.361. The van der Waals surface area contributed by atoms with Crippen LogP contribution in [-0.2, 0) is 17.4 Å². The van der Waals surface area contributed by atoms with Crippen LogP contribution in [0, 0.1) is 5.92 Å². The van der Waals surface area contributed by atoms with E-state index in [1.54, 1.807) is 24.9 Å². The van der Waals surface area contributed by atoms with Crippen molar-refractivity contribution >= 4 is 18.3 Å². The van der Waals surface area contributed by atoms with Gasteiger partial charge in [0.25, 0.3) is 0 Å². The molecule has 1 saturated heterocycles. The fraction of sp³-hybridized carbons (Fsp3) is 0.562. The van der Waals surface area contributed by atoms with E-state index < -0.39 is 11.7 Å². The predicted octanol–water partition coefficient (Wildman–Crippen LogP) is 3.13. The molecule has 1 amide bonds. The van der Waals surface area contributed by atoms with E-state index in [0.29, 0.717) is 12.0 Å². The second-order valence-corrected chi connectivity index (χ2v) is 5.90. The Balaban J connectivity index is 0.00000264. The van der Waals surface area contributed by atoms with Crippen molar-refractivity contribution in [3.8, 4) is 0 Å². The summed E-state index contributed by atoms with van der Waals surface area (Å²) in [4.78, 5) is 14.1. The molecule has 130 valence electrons. The van der Waals surface area contributed by atoms with Gasteiger partial charge in [0.05, 0.1) is 5.56 Å². The number of hydrogen-bond donors (Lipinski definition) is 1. The van der Waals surface area contributed by atoms with Crippen molar-refractivity contribution in [1.29, 1.82) is 0 Å². The van der Waals surface area contributed by atoms with Gasteiger partial charge in [0, 0.05) is 25.6 Å². The highest BCUT2D eigenvalue weighted by Crippen LogP contribution is 2.30. The summed E-state index contributed by atoms with van der Waals surface area (Å²) in [6.07, 6.45) is -3.12. The van der Waals surface area contributed by atoms with Gasteiger partial charge in [0.2, 0.25) is 5.91 Å². The lowest BCUT2D eigenvalue weighted by Crippen LogP contribution is -2.41. The van der Waals surface area contributed by atoms with E-state index in [9.17, 15) is 18.0 Å². The number of nitrogens with one attached hydrogen (secondary N) is 1. The van der Waals surface area contributed by atoms with E-state index in [1.165, 1.54) is 6.07 Å². The SMILES string of the molecule is CC(Cc1cccc(C(F)(F)F)c1)C(=O)N(C)C1CCNC1.Cl. The molecule has 1 heterocycles. The van der Waals surface area contributed by atoms with Gasteiger partial charge in [-0.1, -0.05) is 25.1 Å². The molecular weight excluding hydrogens is 329 g/mol. The van der Waals surface area contributed by atoms with Gasteiger partial charge in [-0.3, -0.25) is 4.79 Å². The summed E-state index contributed by atoms with van der Waals surface area (Å²) >= 11 is 0. The van der Waals surface area contributed by atoms with Crippen molar-refractivity contribution in [1.82, 2.24) is 10.2 Å². The molecule has 1 aliphatic heterocycles. The van der Waals surface area contributed by atoms with Crippen LogP contribution in [0.25, 0.3) is 0 Å². The molecule has 0 radical (unpaired) electrons. The molecule has 1 aromatic carbocycles. The summed E-state index contributed by atoms with van der Waals surface area (Å²) in [5, 5.41) is 3.20. The van der Waals surface area contributed by atoms with Gasteiger partial charge in [-0.05, 0) is 31.0 Å². The van der Waals surface area contributed by atoms with Gasteiger partial charge in [-0.15, -0.1) is 12.4 Å². The molecule has 0 aromatic heterocycles. The number of hydrogen-bond acceptors (Lipinski definition) is 2. The normalized spacial score (nSPS) is 19.1. The lowest BCUT2D eigenvalue weighted by atomic mass is 9.97. The largest absolute Gasteiger partial charge is 0.416 e. The molecular formula is C16H22ClF3N2O. The summed E-state index contributed by atoms with van der Waals surface area (Å²) < 4.78 is 38.1. The second-order valence-electron chi connectivity index (χ2n) is 5.90. The first-order chi connectivity index (χ1) is 10.3. The quantitative estimate of drug-likeness (QED) is 0.905. The molecule has 1 fully saturated rings. The Labute approximate surface area is 140 Å². The van der Waals surface area contributed by atoms with Crippen LogP contribution < -0.4 is 5.32 Å². The van der Waals surface area contributed by atoms with Crippen LogP contribution in [0.15, 0.2) is 24.3 Å². The monoisotopic (exact) mass is 350 g/mol. The fourth-order valence-corrected chi connectivity index (χ4v) is 2.81. The first kappa shape index (κ1) is 19.8. The highest BCUT2D eigenvalue weighted by molar-refractivity contribution is 5.85. The number of carbonyl (C=O) groups is 1. The van der Waals surface area contributed by atoms with E-state index in [-0.39, 0.29) is 30.3 Å². The van der Waals surface area contributed by atoms with Crippen molar-refractivity contribution in [2.75, 3.05) is 20.1 Å². The van der Waals surface area contributed by atoms with Gasteiger partial charge in [-0.2, -0.15) is 13.2 Å². The van der Waals surface area contributed by atoms with Gasteiger partial charge in [-0.25, -0.2) is 0 Å². The third-order valence-electron chi connectivity index (χ3n) is 4.15. The van der Waals surface area contributed by atoms with Crippen molar-refractivity contribution < 1.29 is 18.0 Å². The lowest BCUT2D eigenvalue weighted by molar-refractivity contribution is -0.137. The van der Waals surface area contributed by atoms with Crippen molar-refractivity contribution in [2.24, 2.45) is 5.92 Å². The van der Waals surface area contributed by atoms with E-state index >= 15 is 0 Å². The molecule has 0 bridgehead atoms. The first-order valence-corrected chi connectivity index (χ1v) is 7.42. The van der Waals surface area contributed by atoms with Gasteiger partial charge in [0.15, 0.2) is 0 Å². The number of carbonyl (C=O) groups excluding carboxylic acids is 1. The molecule has 2 unspecified atom stereocenters. The Morgan fingerprint density at radius 1 is 1.43 bits per heavy atom. The average molecular weight is 351 g/mol. The number of halogens is 4. The Morgan fingerprint density at radius 3 is 2.70 bits per heavy atom. The van der Waals surface area contributed by atoms with Crippen molar-refractivity contribution in [3.63, 3.8) is 0 Å². The van der Waals surface area contributed by atoms with Gasteiger partial charge < -0.3 is 10.2 Å². The number of likely N-dealkylation sites (N-methyl/N-ethyl adjacent to an activating group) is 1. The highest BCUT2D eigenvalue weighted by atomic mass is 35.5. The smallest absolute Gasteiger partial charge is 0.341 e. The van der Waals surface area contributed by atoms with Crippen LogP contribution in [0.2, 0.25) is 0 Å². The second kappa shape index (κ2) is 8.02. The van der Waals surface area contributed by atoms with E-state index in [1.807, 2.05) is 0 Å². The number of nitrogens with zero attached hydrogens (tertiary/aromatic N) is 1. The van der Waals surface area contributed by atoms with E-state index in [4.69, 9.17) is 0 Å². The van der Waals surface area contributed by atoms with Crippen LogP contribution in [0.4, 0.5) is 13.2 Å². The molecule has 23 heavy (non-hydrogen) atoms. The highest BCUT2D eigenvalue weighted by Gasteiger charge is 2.31. The summed E-state index contributed by atoms with van der Waals surface area (Å²) in [5.41, 5.74) is -0.133. The van der Waals surface area contributed by atoms with Crippen LogP contribution in [-0.4, -0.2) is 37.0 Å². The summed E-state index contributed by atoms with van der Waals surface area (Å²) in [7, 11) is 1.77. The zero-order chi connectivity index (χ0) is 16.3. The molecule has 0 spiro atoms. The van der Waals surface area contributed by atoms with E-state index in [0.717, 1.165) is 31.6 Å². The molecule has 2 rings (SSSR count). The zero-order valence-corrected chi connectivity index (χ0v) is 14.0. The number of rotatable bonds is 4. The molecule has 7 heteroatoms. The number of amides is 1. The number of benzene rings is 1. The maximum atomic E-state index is 12.7. The zero-order valence-electron chi connectivity index (χ0n) is 13.2. The molecule has 2 atom stereocenters. The molecule has 0 saturated carbocycles. The number of alkyl halides is 3. The summed E-state index contributed by atoms with van der Waals surface area (Å²) in [6.45, 7) is 3.43. The Morgan fingerprint density at radius 2 is 2.13 bits per heavy atom. The topological polar surface area (TPSA) is 32.3 Å². The minimum Gasteiger partial charge on any atom is -0.341 e. The maximum absolute atomic E-state index is 12.7. The lowest BCUT2D eigenvalue weighted by Gasteiger charge is -2.27. The van der Waals surface area contributed by atoms with E-state index in [2.05, 4.69) is 5.32 Å². The van der Waals surface area contributed by atoms with Gasteiger partial charge in [0.1, 0.15) is 0 Å². The van der Waals surface area contributed by atoms with Crippen LogP contribution in [0.1, 0.15) is 24.5 Å². The molecule has 0 aliphatic carbocycles. The third kappa shape index (κ3) is 5.11. The maximum Gasteiger partial charge on any atom is 0.416 e. The Bertz CT molecular complexity index is 530. The van der Waals surface area contributed by atoms with Crippen LogP contribution in [0.3, 0.4) is 0 Å². The molecule has 1 aliphatic rings. The average Bonchev–Trinajstić information content (AvgIpc) is 2.99. The van der Waals surface area contributed by atoms with Crippen LogP contribution >= 0.6 is 12.4 Å². The Hall–Kier alpha value is -1.27. The minimum absolute atomic E-state index is 0. The predicted molar refractivity (Wildman–Crippen MR) is 85.6 cm³/mol. The summed E-state index contributed by atoms with van der Waals surface area (Å²) in [6, 6.07) is 5.38. The molecule has 3 nitrogen and oxygen atoms in total. The third-order valence-corrected chi connectivity index (χ3v) is 4.15. The first-order valence-electron chi connectivity index (χ1n) is 7.42. The standard InChI is InChI=1S/C16H21F3N2O.ClH/c1-11(15(22)21(2)14-6-7-20-10-14)8-12-4-3-5-13(9-12)16(17,18)19;/h3-5,9,11,14,20H,6-8,10H2,1-2H3;1H. The minimum atomic E-state index is -4.35. The van der Waals surface area contributed by atoms with Crippen LogP contribution in [0.5, 0.6) is 0 Å². The molecule has 1 aromatic rings. The molecule has 1 N–H and O–H groups in total. The fourth-order valence-electron chi connectivity index (χ4n) is 2.81. The Kier molecular flexibility index (Phi) is 6.89. The van der Waals surface area contributed by atoms with Crippen molar-refractivity contribution in [2.45, 2.75) is 32.0 Å². The van der Waals surface area contributed by atoms with Crippen molar-refractivity contribution in [3.05, 3.63) is 35.4 Å².